The largest absolute Gasteiger partial charge is 0.326 e. The molecule has 0 radical (unpaired) electrons. The van der Waals surface area contributed by atoms with Crippen LogP contribution < -0.4 is 5.73 Å². The Balaban J connectivity index is 2.47. The summed E-state index contributed by atoms with van der Waals surface area (Å²) in [6.07, 6.45) is 4.33. The number of nitrogens with two attached hydrogens (primary N) is 1. The number of aryl methyl sites for hydroxylation is 1. The van der Waals surface area contributed by atoms with Gasteiger partial charge in [-0.2, -0.15) is 5.26 Å². The first kappa shape index (κ1) is 12.8. The average Bonchev–Trinajstić information content (AvgIpc) is 2.99. The van der Waals surface area contributed by atoms with Crippen molar-refractivity contribution in [3.05, 3.63) is 40.1 Å². The van der Waals surface area contributed by atoms with Crippen LogP contribution in [0.4, 0.5) is 0 Å². The molecule has 2 atom stereocenters. The number of rotatable bonds is 4. The topological polar surface area (TPSA) is 67.6 Å². The van der Waals surface area contributed by atoms with Crippen molar-refractivity contribution in [2.45, 2.75) is 32.4 Å². The smallest absolute Gasteiger partial charge is 0.213 e. The van der Waals surface area contributed by atoms with Crippen LogP contribution in [0.15, 0.2) is 24.5 Å². The summed E-state index contributed by atoms with van der Waals surface area (Å²) in [5.41, 5.74) is 6.22. The van der Waals surface area contributed by atoms with Crippen LogP contribution in [0, 0.1) is 18.3 Å². The minimum Gasteiger partial charge on any atom is -0.326 e. The van der Waals surface area contributed by atoms with Gasteiger partial charge in [0, 0.05) is 28.2 Å². The molecule has 0 bridgehead atoms. The van der Waals surface area contributed by atoms with Gasteiger partial charge in [0.1, 0.15) is 6.07 Å². The van der Waals surface area contributed by atoms with Crippen LogP contribution in [0.1, 0.15) is 35.0 Å². The summed E-state index contributed by atoms with van der Waals surface area (Å²) in [4.78, 5) is 6.48. The normalized spacial score (nSPS) is 14.1. The molecule has 0 aliphatic rings. The molecule has 4 nitrogen and oxygen atoms in total. The first-order valence-corrected chi connectivity index (χ1v) is 6.73. The number of nitriles is 1. The van der Waals surface area contributed by atoms with Crippen LogP contribution in [0.25, 0.3) is 0 Å². The van der Waals surface area contributed by atoms with Crippen molar-refractivity contribution >= 4 is 11.3 Å². The highest BCUT2D eigenvalue weighted by Gasteiger charge is 2.23. The van der Waals surface area contributed by atoms with Gasteiger partial charge in [-0.3, -0.25) is 0 Å². The molecule has 0 aliphatic heterocycles. The molecule has 2 aromatic heterocycles. The fraction of sp³-hybridized carbons (Fsp3) is 0.385. The summed E-state index contributed by atoms with van der Waals surface area (Å²) in [7, 11) is 0. The zero-order valence-electron chi connectivity index (χ0n) is 10.5. The van der Waals surface area contributed by atoms with E-state index in [1.807, 2.05) is 10.8 Å². The fourth-order valence-electron chi connectivity index (χ4n) is 2.01. The monoisotopic (exact) mass is 260 g/mol. The van der Waals surface area contributed by atoms with Crippen molar-refractivity contribution in [2.75, 3.05) is 0 Å². The molecule has 2 aromatic rings. The van der Waals surface area contributed by atoms with Gasteiger partial charge >= 0.3 is 0 Å². The minimum absolute atomic E-state index is 0.00847. The Labute approximate surface area is 111 Å². The number of nitrogens with zero attached hydrogens (tertiary/aromatic N) is 3. The van der Waals surface area contributed by atoms with E-state index in [0.29, 0.717) is 5.82 Å². The quantitative estimate of drug-likeness (QED) is 0.918. The molecule has 0 fully saturated rings. The van der Waals surface area contributed by atoms with E-state index in [-0.39, 0.29) is 12.1 Å². The molecule has 0 aliphatic carbocycles. The Morgan fingerprint density at radius 2 is 2.33 bits per heavy atom. The molecule has 0 saturated heterocycles. The van der Waals surface area contributed by atoms with E-state index in [4.69, 9.17) is 11.0 Å². The summed E-state index contributed by atoms with van der Waals surface area (Å²) in [5.74, 6) is 0.412. The molecule has 2 N–H and O–H groups in total. The third kappa shape index (κ3) is 2.30. The second-order valence-electron chi connectivity index (χ2n) is 4.24. The number of thiophene rings is 1. The SMILES string of the molecule is CCC(N)C(c1ccc(C)s1)n1ccnc1C#N. The van der Waals surface area contributed by atoms with E-state index in [1.165, 1.54) is 9.75 Å². The highest BCUT2D eigenvalue weighted by molar-refractivity contribution is 7.12. The molecule has 0 spiro atoms. The van der Waals surface area contributed by atoms with Gasteiger partial charge in [-0.15, -0.1) is 11.3 Å². The molecule has 18 heavy (non-hydrogen) atoms. The highest BCUT2D eigenvalue weighted by Crippen LogP contribution is 2.29. The predicted octanol–water partition coefficient (Wildman–Crippen LogP) is 2.45. The Morgan fingerprint density at radius 1 is 1.56 bits per heavy atom. The van der Waals surface area contributed by atoms with Gasteiger partial charge < -0.3 is 10.3 Å². The summed E-state index contributed by atoms with van der Waals surface area (Å²) < 4.78 is 1.87. The van der Waals surface area contributed by atoms with Crippen LogP contribution in [0.3, 0.4) is 0 Å². The van der Waals surface area contributed by atoms with Crippen LogP contribution in [-0.4, -0.2) is 15.6 Å². The number of hydrogen-bond donors (Lipinski definition) is 1. The zero-order valence-corrected chi connectivity index (χ0v) is 11.3. The molecule has 5 heteroatoms. The first-order chi connectivity index (χ1) is 8.67. The summed E-state index contributed by atoms with van der Waals surface area (Å²) in [6.45, 7) is 4.13. The van der Waals surface area contributed by atoms with Gasteiger partial charge in [-0.05, 0) is 25.5 Å². The van der Waals surface area contributed by atoms with E-state index in [0.717, 1.165) is 6.42 Å². The van der Waals surface area contributed by atoms with Gasteiger partial charge in [0.2, 0.25) is 5.82 Å². The van der Waals surface area contributed by atoms with Crippen LogP contribution >= 0.6 is 11.3 Å². The third-order valence-electron chi connectivity index (χ3n) is 3.00. The second kappa shape index (κ2) is 5.34. The predicted molar refractivity (Wildman–Crippen MR) is 72.4 cm³/mol. The number of aromatic nitrogens is 2. The second-order valence-corrected chi connectivity index (χ2v) is 5.55. The molecule has 0 saturated carbocycles. The highest BCUT2D eigenvalue weighted by atomic mass is 32.1. The van der Waals surface area contributed by atoms with E-state index < -0.39 is 0 Å². The van der Waals surface area contributed by atoms with Gasteiger partial charge in [0.05, 0.1) is 6.04 Å². The lowest BCUT2D eigenvalue weighted by Gasteiger charge is -2.23. The Morgan fingerprint density at radius 3 is 2.89 bits per heavy atom. The Bertz CT molecular complexity index is 564. The molecule has 2 unspecified atom stereocenters. The first-order valence-electron chi connectivity index (χ1n) is 5.92. The Hall–Kier alpha value is -1.64. The van der Waals surface area contributed by atoms with Crippen LogP contribution in [0.5, 0.6) is 0 Å². The standard InChI is InChI=1S/C13H16N4S/c1-3-10(15)13(11-5-4-9(2)18-11)17-7-6-16-12(17)8-14/h4-7,10,13H,3,15H2,1-2H3. The summed E-state index contributed by atoms with van der Waals surface area (Å²) >= 11 is 1.72. The molecule has 94 valence electrons. The maximum Gasteiger partial charge on any atom is 0.213 e. The van der Waals surface area contributed by atoms with E-state index in [9.17, 15) is 0 Å². The van der Waals surface area contributed by atoms with E-state index >= 15 is 0 Å². The maximum atomic E-state index is 9.09. The molecular formula is C13H16N4S. The van der Waals surface area contributed by atoms with Crippen molar-refractivity contribution in [1.82, 2.24) is 9.55 Å². The summed E-state index contributed by atoms with van der Waals surface area (Å²) in [5, 5.41) is 9.09. The van der Waals surface area contributed by atoms with Crippen molar-refractivity contribution in [3.63, 3.8) is 0 Å². The van der Waals surface area contributed by atoms with Crippen LogP contribution in [0.2, 0.25) is 0 Å². The molecule has 0 aromatic carbocycles. The van der Waals surface area contributed by atoms with E-state index in [2.05, 4.69) is 37.0 Å². The molecular weight excluding hydrogens is 244 g/mol. The van der Waals surface area contributed by atoms with Gasteiger partial charge in [0.15, 0.2) is 0 Å². The zero-order chi connectivity index (χ0) is 13.1. The number of imidazole rings is 1. The van der Waals surface area contributed by atoms with Crippen molar-refractivity contribution in [2.24, 2.45) is 5.73 Å². The van der Waals surface area contributed by atoms with Gasteiger partial charge in [0.25, 0.3) is 0 Å². The molecule has 2 heterocycles. The van der Waals surface area contributed by atoms with Gasteiger partial charge in [-0.1, -0.05) is 6.92 Å². The number of hydrogen-bond acceptors (Lipinski definition) is 4. The van der Waals surface area contributed by atoms with Crippen molar-refractivity contribution in [3.8, 4) is 6.07 Å². The molecule has 2 rings (SSSR count). The van der Waals surface area contributed by atoms with Crippen LogP contribution in [-0.2, 0) is 0 Å². The average molecular weight is 260 g/mol. The molecule has 0 amide bonds. The lowest BCUT2D eigenvalue weighted by Crippen LogP contribution is -2.32. The fourth-order valence-corrected chi connectivity index (χ4v) is 3.07. The third-order valence-corrected chi connectivity index (χ3v) is 4.07. The lowest BCUT2D eigenvalue weighted by molar-refractivity contribution is 0.461. The Kier molecular flexibility index (Phi) is 3.80. The minimum atomic E-state index is -0.0237. The van der Waals surface area contributed by atoms with Gasteiger partial charge in [-0.25, -0.2) is 4.98 Å². The maximum absolute atomic E-state index is 9.09. The van der Waals surface area contributed by atoms with E-state index in [1.54, 1.807) is 17.5 Å². The lowest BCUT2D eigenvalue weighted by atomic mass is 10.0. The van der Waals surface area contributed by atoms with Crippen molar-refractivity contribution in [1.29, 1.82) is 5.26 Å². The summed E-state index contributed by atoms with van der Waals surface area (Å²) in [6, 6.07) is 6.25. The van der Waals surface area contributed by atoms with Crippen molar-refractivity contribution < 1.29 is 0 Å².